The van der Waals surface area contributed by atoms with Crippen molar-refractivity contribution in [3.8, 4) is 0 Å². The first kappa shape index (κ1) is 24.8. The van der Waals surface area contributed by atoms with Crippen LogP contribution in [0.2, 0.25) is 0 Å². The smallest absolute Gasteiger partial charge is 0.294 e. The third-order valence-electron chi connectivity index (χ3n) is 6.63. The Morgan fingerprint density at radius 1 is 0.973 bits per heavy atom. The van der Waals surface area contributed by atoms with E-state index >= 15 is 0 Å². The van der Waals surface area contributed by atoms with Crippen molar-refractivity contribution in [3.63, 3.8) is 0 Å². The molecule has 3 aromatic rings. The summed E-state index contributed by atoms with van der Waals surface area (Å²) >= 11 is 0.839. The van der Waals surface area contributed by atoms with Crippen LogP contribution in [0.25, 0.3) is 17.0 Å². The van der Waals surface area contributed by atoms with E-state index in [4.69, 9.17) is 0 Å². The number of nitrogens with zero attached hydrogens (tertiary/aromatic N) is 3. The number of hydrogen-bond donors (Lipinski definition) is 1. The number of nitrogens with one attached hydrogen (secondary N) is 1. The Morgan fingerprint density at radius 3 is 2.46 bits per heavy atom. The summed E-state index contributed by atoms with van der Waals surface area (Å²) in [6.07, 6.45) is 6.47. The van der Waals surface area contributed by atoms with Gasteiger partial charge in [-0.1, -0.05) is 35.9 Å². The highest BCUT2D eigenvalue weighted by Gasteiger charge is 2.37. The van der Waals surface area contributed by atoms with Gasteiger partial charge < -0.3 is 14.8 Å². The van der Waals surface area contributed by atoms with Crippen LogP contribution in [0.5, 0.6) is 0 Å². The van der Waals surface area contributed by atoms with Crippen LogP contribution in [-0.2, 0) is 20.9 Å². The molecule has 1 N–H and O–H groups in total. The molecule has 2 fully saturated rings. The zero-order valence-corrected chi connectivity index (χ0v) is 21.4. The lowest BCUT2D eigenvalue weighted by atomic mass is 10.1. The number of fused-ring (bicyclic) bond motifs is 1. The molecule has 1 aromatic heterocycles. The Bertz CT molecular complexity index is 1400. The van der Waals surface area contributed by atoms with Crippen molar-refractivity contribution in [2.45, 2.75) is 32.7 Å². The number of aromatic nitrogens is 1. The molecule has 2 aromatic carbocycles. The molecule has 190 valence electrons. The molecule has 0 radical (unpaired) electrons. The molecule has 2 aliphatic rings. The number of imide groups is 1. The Morgan fingerprint density at radius 2 is 1.70 bits per heavy atom. The number of carbonyl (C=O) groups is 4. The van der Waals surface area contributed by atoms with Crippen LogP contribution in [0.1, 0.15) is 30.4 Å². The predicted molar refractivity (Wildman–Crippen MR) is 145 cm³/mol. The van der Waals surface area contributed by atoms with Crippen molar-refractivity contribution in [2.24, 2.45) is 0 Å². The molecule has 5 rings (SSSR count). The van der Waals surface area contributed by atoms with Gasteiger partial charge >= 0.3 is 0 Å². The Hall–Kier alpha value is -3.85. The first-order valence-electron chi connectivity index (χ1n) is 12.4. The van der Waals surface area contributed by atoms with Crippen molar-refractivity contribution in [2.75, 3.05) is 25.0 Å². The maximum absolute atomic E-state index is 13.1. The van der Waals surface area contributed by atoms with E-state index in [0.29, 0.717) is 13.1 Å². The molecular formula is C28H28N4O4S. The SMILES string of the molecule is Cc1ccc(NC(=O)Cn2cc(/C=C3\SC(=O)N(CC(=O)N4CCCCC4)C3=O)c3ccccc32)cc1. The van der Waals surface area contributed by atoms with Gasteiger partial charge in [-0.3, -0.25) is 24.1 Å². The summed E-state index contributed by atoms with van der Waals surface area (Å²) in [6.45, 7) is 3.18. The number of hydrogen-bond acceptors (Lipinski definition) is 5. The Labute approximate surface area is 219 Å². The normalized spacial score (nSPS) is 17.2. The van der Waals surface area contributed by atoms with E-state index in [1.54, 1.807) is 11.0 Å². The van der Waals surface area contributed by atoms with Crippen LogP contribution in [-0.4, -0.2) is 57.0 Å². The molecule has 3 heterocycles. The number of amides is 4. The topological polar surface area (TPSA) is 91.7 Å². The van der Waals surface area contributed by atoms with Crippen molar-refractivity contribution < 1.29 is 19.2 Å². The summed E-state index contributed by atoms with van der Waals surface area (Å²) in [5.74, 6) is -0.832. The number of rotatable bonds is 6. The third kappa shape index (κ3) is 5.46. The number of aryl methyl sites for hydroxylation is 1. The van der Waals surface area contributed by atoms with Gasteiger partial charge in [0.1, 0.15) is 13.1 Å². The average molecular weight is 517 g/mol. The lowest BCUT2D eigenvalue weighted by Crippen LogP contribution is -2.44. The molecule has 0 bridgehead atoms. The second kappa shape index (κ2) is 10.6. The van der Waals surface area contributed by atoms with Crippen molar-refractivity contribution in [1.29, 1.82) is 0 Å². The summed E-state index contributed by atoms with van der Waals surface area (Å²) in [5.41, 5.74) is 3.40. The molecule has 9 heteroatoms. The average Bonchev–Trinajstić information content (AvgIpc) is 3.37. The molecule has 8 nitrogen and oxygen atoms in total. The quantitative estimate of drug-likeness (QED) is 0.482. The minimum absolute atomic E-state index is 0.0913. The van der Waals surface area contributed by atoms with Gasteiger partial charge in [-0.25, -0.2) is 0 Å². The van der Waals surface area contributed by atoms with E-state index in [-0.39, 0.29) is 29.8 Å². The van der Waals surface area contributed by atoms with E-state index in [1.807, 2.05) is 66.2 Å². The molecule has 0 aliphatic carbocycles. The van der Waals surface area contributed by atoms with Crippen LogP contribution in [0.3, 0.4) is 0 Å². The monoisotopic (exact) mass is 516 g/mol. The standard InChI is InChI=1S/C28H28N4O4S/c1-19-9-11-21(12-10-19)29-25(33)17-31-16-20(22-7-3-4-8-23(22)31)15-24-27(35)32(28(36)37-24)18-26(34)30-13-5-2-6-14-30/h3-4,7-12,15-16H,2,5-6,13-14,17-18H2,1H3,(H,29,33)/b24-15-. The van der Waals surface area contributed by atoms with Gasteiger partial charge in [0.15, 0.2) is 0 Å². The van der Waals surface area contributed by atoms with Gasteiger partial charge in [-0.2, -0.15) is 0 Å². The molecule has 0 spiro atoms. The van der Waals surface area contributed by atoms with E-state index in [0.717, 1.165) is 63.6 Å². The maximum atomic E-state index is 13.1. The number of carbonyl (C=O) groups excluding carboxylic acids is 4. The van der Waals surface area contributed by atoms with Crippen LogP contribution in [0.4, 0.5) is 10.5 Å². The van der Waals surface area contributed by atoms with Gasteiger partial charge in [0, 0.05) is 41.4 Å². The number of benzene rings is 2. The van der Waals surface area contributed by atoms with Gasteiger partial charge in [0.25, 0.3) is 11.1 Å². The lowest BCUT2D eigenvalue weighted by molar-refractivity contribution is -0.136. The maximum Gasteiger partial charge on any atom is 0.294 e. The number of para-hydroxylation sites is 1. The first-order valence-corrected chi connectivity index (χ1v) is 13.2. The second-order valence-corrected chi connectivity index (χ2v) is 10.3. The van der Waals surface area contributed by atoms with Crippen molar-refractivity contribution in [3.05, 3.63) is 70.8 Å². The van der Waals surface area contributed by atoms with Crippen LogP contribution >= 0.6 is 11.8 Å². The minimum atomic E-state index is -0.464. The largest absolute Gasteiger partial charge is 0.341 e. The number of piperidine rings is 1. The summed E-state index contributed by atoms with van der Waals surface area (Å²) in [4.78, 5) is 54.1. The Kier molecular flexibility index (Phi) is 7.14. The summed E-state index contributed by atoms with van der Waals surface area (Å²) in [5, 5.41) is 3.33. The fourth-order valence-corrected chi connectivity index (χ4v) is 5.50. The molecule has 0 unspecified atom stereocenters. The van der Waals surface area contributed by atoms with E-state index < -0.39 is 11.1 Å². The van der Waals surface area contributed by atoms with E-state index in [2.05, 4.69) is 5.32 Å². The number of thioether (sulfide) groups is 1. The van der Waals surface area contributed by atoms with Gasteiger partial charge in [-0.15, -0.1) is 0 Å². The highest BCUT2D eigenvalue weighted by atomic mass is 32.2. The summed E-state index contributed by atoms with van der Waals surface area (Å²) in [6, 6.07) is 15.2. The zero-order valence-electron chi connectivity index (χ0n) is 20.6. The van der Waals surface area contributed by atoms with Crippen LogP contribution in [0.15, 0.2) is 59.6 Å². The third-order valence-corrected chi connectivity index (χ3v) is 7.54. The zero-order chi connectivity index (χ0) is 25.9. The molecular weight excluding hydrogens is 488 g/mol. The van der Waals surface area contributed by atoms with Gasteiger partial charge in [-0.05, 0) is 62.2 Å². The molecule has 37 heavy (non-hydrogen) atoms. The number of likely N-dealkylation sites (tertiary alicyclic amines) is 1. The molecule has 2 aliphatic heterocycles. The van der Waals surface area contributed by atoms with Gasteiger partial charge in [0.2, 0.25) is 11.8 Å². The second-order valence-electron chi connectivity index (χ2n) is 9.35. The Balaban J connectivity index is 1.34. The van der Waals surface area contributed by atoms with Crippen molar-refractivity contribution in [1.82, 2.24) is 14.4 Å². The molecule has 0 saturated carbocycles. The number of anilines is 1. The van der Waals surface area contributed by atoms with E-state index in [1.165, 1.54) is 0 Å². The lowest BCUT2D eigenvalue weighted by Gasteiger charge is -2.27. The highest BCUT2D eigenvalue weighted by Crippen LogP contribution is 2.34. The summed E-state index contributed by atoms with van der Waals surface area (Å²) < 4.78 is 1.83. The van der Waals surface area contributed by atoms with Crippen LogP contribution < -0.4 is 5.32 Å². The summed E-state index contributed by atoms with van der Waals surface area (Å²) in [7, 11) is 0. The van der Waals surface area contributed by atoms with Crippen LogP contribution in [0, 0.1) is 6.92 Å². The molecule has 2 saturated heterocycles. The highest BCUT2D eigenvalue weighted by molar-refractivity contribution is 8.18. The van der Waals surface area contributed by atoms with Gasteiger partial charge in [0.05, 0.1) is 4.91 Å². The molecule has 0 atom stereocenters. The fourth-order valence-electron chi connectivity index (χ4n) is 4.67. The first-order chi connectivity index (χ1) is 17.9. The minimum Gasteiger partial charge on any atom is -0.341 e. The van der Waals surface area contributed by atoms with Crippen molar-refractivity contribution >= 4 is 57.4 Å². The van der Waals surface area contributed by atoms with E-state index in [9.17, 15) is 19.2 Å². The fraction of sp³-hybridized carbons (Fsp3) is 0.286. The predicted octanol–water partition coefficient (Wildman–Crippen LogP) is 4.64. The molecule has 4 amide bonds.